The third-order valence-electron chi connectivity index (χ3n) is 2.75. The van der Waals surface area contributed by atoms with Gasteiger partial charge in [-0.2, -0.15) is 0 Å². The standard InChI is InChI=1S/C15H14Cl2N2O2/c1-2-21-15-12(4-3-7-18-15)14(20)19-9-10-5-6-11(16)8-13(10)17/h3-8H,2,9H2,1H3,(H,19,20). The van der Waals surface area contributed by atoms with Gasteiger partial charge in [0.05, 0.1) is 6.61 Å². The minimum atomic E-state index is -0.266. The molecular formula is C15H14Cl2N2O2. The molecule has 0 aliphatic carbocycles. The van der Waals surface area contributed by atoms with Crippen LogP contribution in [0.25, 0.3) is 0 Å². The second kappa shape index (κ2) is 7.29. The first kappa shape index (κ1) is 15.6. The molecule has 0 unspecified atom stereocenters. The van der Waals surface area contributed by atoms with Crippen molar-refractivity contribution in [2.24, 2.45) is 0 Å². The monoisotopic (exact) mass is 324 g/mol. The number of amides is 1. The lowest BCUT2D eigenvalue weighted by Gasteiger charge is -2.10. The molecule has 0 atom stereocenters. The summed E-state index contributed by atoms with van der Waals surface area (Å²) in [7, 11) is 0. The highest BCUT2D eigenvalue weighted by Gasteiger charge is 2.13. The number of pyridine rings is 1. The van der Waals surface area contributed by atoms with Crippen LogP contribution in [-0.2, 0) is 6.54 Å². The molecule has 0 bridgehead atoms. The number of hydrogen-bond acceptors (Lipinski definition) is 3. The Morgan fingerprint density at radius 3 is 2.86 bits per heavy atom. The van der Waals surface area contributed by atoms with Crippen LogP contribution in [0.15, 0.2) is 36.5 Å². The normalized spacial score (nSPS) is 10.2. The van der Waals surface area contributed by atoms with Crippen molar-refractivity contribution in [1.29, 1.82) is 0 Å². The molecule has 0 saturated heterocycles. The van der Waals surface area contributed by atoms with Crippen molar-refractivity contribution < 1.29 is 9.53 Å². The molecule has 0 saturated carbocycles. The fourth-order valence-corrected chi connectivity index (χ4v) is 2.23. The smallest absolute Gasteiger partial charge is 0.257 e. The Hall–Kier alpha value is -1.78. The SMILES string of the molecule is CCOc1ncccc1C(=O)NCc1ccc(Cl)cc1Cl. The molecule has 6 heteroatoms. The predicted octanol–water partition coefficient (Wildman–Crippen LogP) is 3.72. The Bertz CT molecular complexity index is 647. The van der Waals surface area contributed by atoms with E-state index in [1.54, 1.807) is 36.5 Å². The lowest BCUT2D eigenvalue weighted by atomic mass is 10.2. The van der Waals surface area contributed by atoms with E-state index in [2.05, 4.69) is 10.3 Å². The summed E-state index contributed by atoms with van der Waals surface area (Å²) in [5.74, 6) is 0.0530. The minimum Gasteiger partial charge on any atom is -0.477 e. The highest BCUT2D eigenvalue weighted by atomic mass is 35.5. The lowest BCUT2D eigenvalue weighted by molar-refractivity contribution is 0.0946. The van der Waals surface area contributed by atoms with Gasteiger partial charge < -0.3 is 10.1 Å². The quantitative estimate of drug-likeness (QED) is 0.911. The van der Waals surface area contributed by atoms with E-state index in [1.807, 2.05) is 6.92 Å². The molecule has 0 radical (unpaired) electrons. The summed E-state index contributed by atoms with van der Waals surface area (Å²) in [6.45, 7) is 2.58. The van der Waals surface area contributed by atoms with Crippen LogP contribution in [-0.4, -0.2) is 17.5 Å². The fraction of sp³-hybridized carbons (Fsp3) is 0.200. The van der Waals surface area contributed by atoms with Gasteiger partial charge in [-0.15, -0.1) is 0 Å². The van der Waals surface area contributed by atoms with E-state index < -0.39 is 0 Å². The highest BCUT2D eigenvalue weighted by molar-refractivity contribution is 6.35. The number of nitrogens with zero attached hydrogens (tertiary/aromatic N) is 1. The first-order valence-corrected chi connectivity index (χ1v) is 7.17. The van der Waals surface area contributed by atoms with Crippen molar-refractivity contribution >= 4 is 29.1 Å². The van der Waals surface area contributed by atoms with Gasteiger partial charge in [0.1, 0.15) is 5.56 Å². The number of carbonyl (C=O) groups excluding carboxylic acids is 1. The van der Waals surface area contributed by atoms with Crippen molar-refractivity contribution in [2.45, 2.75) is 13.5 Å². The number of ether oxygens (including phenoxy) is 1. The first-order valence-electron chi connectivity index (χ1n) is 6.41. The Balaban J connectivity index is 2.08. The van der Waals surface area contributed by atoms with Crippen molar-refractivity contribution in [1.82, 2.24) is 10.3 Å². The third-order valence-corrected chi connectivity index (χ3v) is 3.34. The molecular weight excluding hydrogens is 311 g/mol. The fourth-order valence-electron chi connectivity index (χ4n) is 1.75. The Morgan fingerprint density at radius 1 is 1.33 bits per heavy atom. The molecule has 0 fully saturated rings. The van der Waals surface area contributed by atoms with Gasteiger partial charge >= 0.3 is 0 Å². The van der Waals surface area contributed by atoms with Gasteiger partial charge in [-0.3, -0.25) is 4.79 Å². The maximum absolute atomic E-state index is 12.2. The highest BCUT2D eigenvalue weighted by Crippen LogP contribution is 2.21. The van der Waals surface area contributed by atoms with E-state index in [0.29, 0.717) is 34.6 Å². The number of hydrogen-bond donors (Lipinski definition) is 1. The number of nitrogens with one attached hydrogen (secondary N) is 1. The number of rotatable bonds is 5. The van der Waals surface area contributed by atoms with Crippen LogP contribution < -0.4 is 10.1 Å². The molecule has 0 aliphatic rings. The average Bonchev–Trinajstić information content (AvgIpc) is 2.47. The van der Waals surface area contributed by atoms with E-state index in [9.17, 15) is 4.79 Å². The van der Waals surface area contributed by atoms with Gasteiger partial charge in [0, 0.05) is 22.8 Å². The molecule has 110 valence electrons. The Kier molecular flexibility index (Phi) is 5.42. The molecule has 2 aromatic rings. The summed E-state index contributed by atoms with van der Waals surface area (Å²) in [5, 5.41) is 3.86. The van der Waals surface area contributed by atoms with Crippen LogP contribution in [0.1, 0.15) is 22.8 Å². The minimum absolute atomic E-state index is 0.266. The average molecular weight is 325 g/mol. The zero-order chi connectivity index (χ0) is 15.2. The first-order chi connectivity index (χ1) is 10.1. The van der Waals surface area contributed by atoms with E-state index >= 15 is 0 Å². The molecule has 2 rings (SSSR count). The molecule has 1 amide bonds. The van der Waals surface area contributed by atoms with Crippen molar-refractivity contribution in [3.05, 3.63) is 57.7 Å². The van der Waals surface area contributed by atoms with Crippen molar-refractivity contribution in [3.63, 3.8) is 0 Å². The van der Waals surface area contributed by atoms with Crippen LogP contribution in [0, 0.1) is 0 Å². The maximum Gasteiger partial charge on any atom is 0.257 e. The second-order valence-corrected chi connectivity index (χ2v) is 5.05. The number of benzene rings is 1. The summed E-state index contributed by atoms with van der Waals surface area (Å²) < 4.78 is 5.33. The van der Waals surface area contributed by atoms with Gasteiger partial charge in [-0.25, -0.2) is 4.98 Å². The van der Waals surface area contributed by atoms with E-state index in [0.717, 1.165) is 5.56 Å². The topological polar surface area (TPSA) is 51.2 Å². The molecule has 21 heavy (non-hydrogen) atoms. The summed E-state index contributed by atoms with van der Waals surface area (Å²) in [4.78, 5) is 16.2. The van der Waals surface area contributed by atoms with Crippen LogP contribution in [0.2, 0.25) is 10.0 Å². The van der Waals surface area contributed by atoms with E-state index in [4.69, 9.17) is 27.9 Å². The largest absolute Gasteiger partial charge is 0.477 e. The van der Waals surface area contributed by atoms with Crippen molar-refractivity contribution in [3.8, 4) is 5.88 Å². The Morgan fingerprint density at radius 2 is 2.14 bits per heavy atom. The van der Waals surface area contributed by atoms with Crippen LogP contribution in [0.5, 0.6) is 5.88 Å². The molecule has 0 aliphatic heterocycles. The predicted molar refractivity (Wildman–Crippen MR) is 83.0 cm³/mol. The molecule has 4 nitrogen and oxygen atoms in total. The summed E-state index contributed by atoms with van der Waals surface area (Å²) in [6, 6.07) is 8.49. The molecule has 1 aromatic heterocycles. The maximum atomic E-state index is 12.2. The Labute approximate surface area is 133 Å². The van der Waals surface area contributed by atoms with Gasteiger partial charge in [-0.05, 0) is 36.8 Å². The number of carbonyl (C=O) groups is 1. The van der Waals surface area contributed by atoms with Crippen molar-refractivity contribution in [2.75, 3.05) is 6.61 Å². The second-order valence-electron chi connectivity index (χ2n) is 4.21. The molecule has 1 N–H and O–H groups in total. The zero-order valence-corrected chi connectivity index (χ0v) is 12.9. The third kappa shape index (κ3) is 4.09. The molecule has 0 spiro atoms. The van der Waals surface area contributed by atoms with Gasteiger partial charge in [-0.1, -0.05) is 29.3 Å². The van der Waals surface area contributed by atoms with Crippen LogP contribution >= 0.6 is 23.2 Å². The zero-order valence-electron chi connectivity index (χ0n) is 11.4. The van der Waals surface area contributed by atoms with Gasteiger partial charge in [0.25, 0.3) is 5.91 Å². The summed E-state index contributed by atoms with van der Waals surface area (Å²) in [5.41, 5.74) is 1.18. The van der Waals surface area contributed by atoms with E-state index in [-0.39, 0.29) is 5.91 Å². The van der Waals surface area contributed by atoms with E-state index in [1.165, 1.54) is 0 Å². The summed E-state index contributed by atoms with van der Waals surface area (Å²) in [6.07, 6.45) is 1.58. The molecule has 1 aromatic carbocycles. The van der Waals surface area contributed by atoms with Crippen LogP contribution in [0.3, 0.4) is 0 Å². The molecule has 1 heterocycles. The van der Waals surface area contributed by atoms with Gasteiger partial charge in [0.2, 0.25) is 5.88 Å². The number of aromatic nitrogens is 1. The summed E-state index contributed by atoms with van der Waals surface area (Å²) >= 11 is 11.9. The van der Waals surface area contributed by atoms with Crippen LogP contribution in [0.4, 0.5) is 0 Å². The number of halogens is 2. The lowest BCUT2D eigenvalue weighted by Crippen LogP contribution is -2.24. The van der Waals surface area contributed by atoms with Gasteiger partial charge in [0.15, 0.2) is 0 Å².